The maximum atomic E-state index is 12.5. The summed E-state index contributed by atoms with van der Waals surface area (Å²) in [5.41, 5.74) is 0. The van der Waals surface area contributed by atoms with Crippen molar-refractivity contribution in [1.82, 2.24) is 15.1 Å². The Morgan fingerprint density at radius 3 is 2.42 bits per heavy atom. The summed E-state index contributed by atoms with van der Waals surface area (Å²) in [6.07, 6.45) is 3.36. The van der Waals surface area contributed by atoms with Gasteiger partial charge in [0.1, 0.15) is 0 Å². The van der Waals surface area contributed by atoms with Gasteiger partial charge in [-0.2, -0.15) is 0 Å². The number of methoxy groups -OCH3 is 1. The van der Waals surface area contributed by atoms with Crippen molar-refractivity contribution in [2.75, 3.05) is 59.6 Å². The molecule has 1 N–H and O–H groups in total. The molecule has 1 amide bonds. The molecule has 6 nitrogen and oxygen atoms in total. The first-order valence-corrected chi connectivity index (χ1v) is 8.61. The third kappa shape index (κ3) is 5.71. The Balaban J connectivity index is 0.00000144. The minimum Gasteiger partial charge on any atom is -0.381 e. The molecule has 0 aromatic carbocycles. The predicted molar refractivity (Wildman–Crippen MR) is 98.3 cm³/mol. The van der Waals surface area contributed by atoms with Crippen molar-refractivity contribution < 1.29 is 14.3 Å². The van der Waals surface area contributed by atoms with Crippen molar-refractivity contribution in [3.05, 3.63) is 0 Å². The Bertz CT molecular complexity index is 376. The van der Waals surface area contributed by atoms with Gasteiger partial charge in [0.05, 0.1) is 12.1 Å². The van der Waals surface area contributed by atoms with Crippen molar-refractivity contribution in [2.45, 2.75) is 31.4 Å². The highest BCUT2D eigenvalue weighted by molar-refractivity contribution is 5.85. The second-order valence-electron chi connectivity index (χ2n) is 6.74. The topological polar surface area (TPSA) is 54.0 Å². The predicted octanol–water partition coefficient (Wildman–Crippen LogP) is 0.778. The molecule has 0 unspecified atom stereocenters. The SMILES string of the molecule is CO[C@@H]1CN[C@H](C(=O)N2CCN(CC3CCOCC3)CC2)C1.Cl.Cl. The number of carbonyl (C=O) groups excluding carboxylic acids is 1. The summed E-state index contributed by atoms with van der Waals surface area (Å²) in [6.45, 7) is 7.51. The average Bonchev–Trinajstić information content (AvgIpc) is 3.05. The molecule has 142 valence electrons. The molecular weight excluding hydrogens is 353 g/mol. The van der Waals surface area contributed by atoms with E-state index in [9.17, 15) is 4.79 Å². The third-order valence-corrected chi connectivity index (χ3v) is 5.26. The molecule has 8 heteroatoms. The molecule has 3 heterocycles. The lowest BCUT2D eigenvalue weighted by molar-refractivity contribution is -0.135. The van der Waals surface area contributed by atoms with E-state index in [1.807, 2.05) is 4.90 Å². The van der Waals surface area contributed by atoms with Crippen LogP contribution in [-0.2, 0) is 14.3 Å². The van der Waals surface area contributed by atoms with Gasteiger partial charge in [0.2, 0.25) is 5.91 Å². The number of piperazine rings is 1. The van der Waals surface area contributed by atoms with Gasteiger partial charge in [-0.25, -0.2) is 0 Å². The van der Waals surface area contributed by atoms with E-state index < -0.39 is 0 Å². The Kier molecular flexibility index (Phi) is 9.86. The standard InChI is InChI=1S/C16H29N3O3.2ClH/c1-21-14-10-15(17-11-14)16(20)19-6-4-18(5-7-19)12-13-2-8-22-9-3-13;;/h13-15,17H,2-12H2,1H3;2*1H/t14-,15-;;/m0../s1. The van der Waals surface area contributed by atoms with E-state index >= 15 is 0 Å². The van der Waals surface area contributed by atoms with Crippen LogP contribution in [0.15, 0.2) is 0 Å². The van der Waals surface area contributed by atoms with Gasteiger partial charge in [-0.05, 0) is 25.2 Å². The first kappa shape index (κ1) is 21.9. The van der Waals surface area contributed by atoms with Crippen LogP contribution in [0.3, 0.4) is 0 Å². The summed E-state index contributed by atoms with van der Waals surface area (Å²) in [6, 6.07) is -0.0491. The normalized spacial score (nSPS) is 29.0. The summed E-state index contributed by atoms with van der Waals surface area (Å²) >= 11 is 0. The van der Waals surface area contributed by atoms with Crippen molar-refractivity contribution in [3.63, 3.8) is 0 Å². The summed E-state index contributed by atoms with van der Waals surface area (Å²) in [4.78, 5) is 17.1. The van der Waals surface area contributed by atoms with Crippen molar-refractivity contribution in [3.8, 4) is 0 Å². The van der Waals surface area contributed by atoms with Crippen molar-refractivity contribution in [1.29, 1.82) is 0 Å². The molecule has 0 spiro atoms. The number of nitrogens with one attached hydrogen (secondary N) is 1. The van der Waals surface area contributed by atoms with Crippen molar-refractivity contribution in [2.24, 2.45) is 5.92 Å². The van der Waals surface area contributed by atoms with Crippen LogP contribution in [-0.4, -0.2) is 87.4 Å². The first-order chi connectivity index (χ1) is 10.8. The van der Waals surface area contributed by atoms with Crippen LogP contribution in [0, 0.1) is 5.92 Å². The van der Waals surface area contributed by atoms with Crippen LogP contribution < -0.4 is 5.32 Å². The van der Waals surface area contributed by atoms with Crippen LogP contribution in [0.2, 0.25) is 0 Å². The summed E-state index contributed by atoms with van der Waals surface area (Å²) in [5.74, 6) is 1.03. The van der Waals surface area contributed by atoms with Gasteiger partial charge >= 0.3 is 0 Å². The fourth-order valence-electron chi connectivity index (χ4n) is 3.74. The smallest absolute Gasteiger partial charge is 0.239 e. The lowest BCUT2D eigenvalue weighted by Gasteiger charge is -2.38. The summed E-state index contributed by atoms with van der Waals surface area (Å²) in [5, 5.41) is 3.29. The second-order valence-corrected chi connectivity index (χ2v) is 6.74. The first-order valence-electron chi connectivity index (χ1n) is 8.61. The molecular formula is C16H31Cl2N3O3. The van der Waals surface area contributed by atoms with Crippen LogP contribution in [0.1, 0.15) is 19.3 Å². The minimum absolute atomic E-state index is 0. The molecule has 0 bridgehead atoms. The largest absolute Gasteiger partial charge is 0.381 e. The molecule has 0 aromatic heterocycles. The Labute approximate surface area is 157 Å². The monoisotopic (exact) mass is 383 g/mol. The minimum atomic E-state index is -0.0491. The molecule has 3 saturated heterocycles. The molecule has 3 fully saturated rings. The molecule has 0 saturated carbocycles. The number of hydrogen-bond acceptors (Lipinski definition) is 5. The van der Waals surface area contributed by atoms with Gasteiger partial charge < -0.3 is 19.7 Å². The molecule has 3 rings (SSSR count). The van der Waals surface area contributed by atoms with E-state index in [2.05, 4.69) is 10.2 Å². The van der Waals surface area contributed by atoms with E-state index in [-0.39, 0.29) is 42.9 Å². The molecule has 0 aliphatic carbocycles. The van der Waals surface area contributed by atoms with Crippen molar-refractivity contribution >= 4 is 30.7 Å². The number of nitrogens with zero attached hydrogens (tertiary/aromatic N) is 2. The fraction of sp³-hybridized carbons (Fsp3) is 0.938. The zero-order valence-electron chi connectivity index (χ0n) is 14.4. The zero-order chi connectivity index (χ0) is 15.4. The Morgan fingerprint density at radius 1 is 1.17 bits per heavy atom. The lowest BCUT2D eigenvalue weighted by atomic mass is 9.99. The second kappa shape index (κ2) is 10.8. The van der Waals surface area contributed by atoms with Gasteiger partial charge in [0.25, 0.3) is 0 Å². The fourth-order valence-corrected chi connectivity index (χ4v) is 3.74. The highest BCUT2D eigenvalue weighted by atomic mass is 35.5. The maximum absolute atomic E-state index is 12.5. The highest BCUT2D eigenvalue weighted by Gasteiger charge is 2.33. The number of hydrogen-bond donors (Lipinski definition) is 1. The molecule has 0 aromatic rings. The van der Waals surface area contributed by atoms with Crippen LogP contribution in [0.5, 0.6) is 0 Å². The highest BCUT2D eigenvalue weighted by Crippen LogP contribution is 2.18. The molecule has 3 aliphatic rings. The van der Waals surface area contributed by atoms with Gasteiger partial charge in [-0.15, -0.1) is 24.8 Å². The number of rotatable bonds is 4. The van der Waals surface area contributed by atoms with Gasteiger partial charge in [-0.3, -0.25) is 9.69 Å². The van der Waals surface area contributed by atoms with Crippen LogP contribution in [0.4, 0.5) is 0 Å². The zero-order valence-corrected chi connectivity index (χ0v) is 16.1. The van der Waals surface area contributed by atoms with E-state index in [4.69, 9.17) is 9.47 Å². The summed E-state index contributed by atoms with van der Waals surface area (Å²) < 4.78 is 10.8. The molecule has 0 radical (unpaired) electrons. The third-order valence-electron chi connectivity index (χ3n) is 5.26. The van der Waals surface area contributed by atoms with Gasteiger partial charge in [0.15, 0.2) is 0 Å². The van der Waals surface area contributed by atoms with E-state index in [1.54, 1.807) is 7.11 Å². The van der Waals surface area contributed by atoms with Gasteiger partial charge in [0, 0.05) is 59.6 Å². The van der Waals surface area contributed by atoms with Gasteiger partial charge in [-0.1, -0.05) is 0 Å². The Morgan fingerprint density at radius 2 is 1.83 bits per heavy atom. The lowest BCUT2D eigenvalue weighted by Crippen LogP contribution is -2.53. The average molecular weight is 384 g/mol. The quantitative estimate of drug-likeness (QED) is 0.777. The summed E-state index contributed by atoms with van der Waals surface area (Å²) in [7, 11) is 1.72. The maximum Gasteiger partial charge on any atom is 0.239 e. The van der Waals surface area contributed by atoms with Crippen LogP contribution >= 0.6 is 24.8 Å². The van der Waals surface area contributed by atoms with E-state index in [1.165, 1.54) is 19.4 Å². The van der Waals surface area contributed by atoms with E-state index in [0.29, 0.717) is 0 Å². The molecule has 2 atom stereocenters. The van der Waals surface area contributed by atoms with Crippen LogP contribution in [0.25, 0.3) is 0 Å². The molecule has 24 heavy (non-hydrogen) atoms. The number of halogens is 2. The van der Waals surface area contributed by atoms with E-state index in [0.717, 1.165) is 58.3 Å². The molecule has 3 aliphatic heterocycles. The number of ether oxygens (including phenoxy) is 2. The number of amides is 1. The number of carbonyl (C=O) groups is 1. The Hall–Kier alpha value is -0.110.